The van der Waals surface area contributed by atoms with Gasteiger partial charge in [-0.3, -0.25) is 24.6 Å². The molecule has 182 valence electrons. The summed E-state index contributed by atoms with van der Waals surface area (Å²) in [4.78, 5) is 35.6. The molecule has 1 aliphatic heterocycles. The van der Waals surface area contributed by atoms with E-state index in [9.17, 15) is 28.1 Å². The molecular weight excluding hydrogens is 469 g/mol. The molecule has 0 bridgehead atoms. The summed E-state index contributed by atoms with van der Waals surface area (Å²) in [5.74, 6) is -0.414. The Hall–Kier alpha value is -3.15. The molecule has 0 spiro atoms. The fraction of sp³-hybridized carbons (Fsp3) is 0.500. The number of nitrogens with one attached hydrogen (secondary N) is 1. The van der Waals surface area contributed by atoms with Gasteiger partial charge in [-0.1, -0.05) is 6.42 Å². The van der Waals surface area contributed by atoms with Gasteiger partial charge in [-0.25, -0.2) is 8.42 Å². The standard InChI is InChI=1S/C20H24BN3O9S/c1-23-13-19(25)32-21(33-20(26)14-23)18(11-12-31-16-5-3-2-4-6-16)22-34(29,30)17-9-7-15(8-10-17)24(27)28/h7-10,16,18,22H,2-6,13-14H2,1H3. The minimum absolute atomic E-state index is 0.107. The Morgan fingerprint density at radius 2 is 1.74 bits per heavy atom. The van der Waals surface area contributed by atoms with E-state index < -0.39 is 39.9 Å². The molecule has 1 atom stereocenters. The molecule has 2 fully saturated rings. The average molecular weight is 493 g/mol. The first-order valence-corrected chi connectivity index (χ1v) is 12.1. The maximum Gasteiger partial charge on any atom is 0.631 e. The number of carbonyl (C=O) groups is 2. The van der Waals surface area contributed by atoms with E-state index in [1.54, 1.807) is 0 Å². The molecule has 2 aliphatic rings. The van der Waals surface area contributed by atoms with E-state index in [4.69, 9.17) is 14.0 Å². The summed E-state index contributed by atoms with van der Waals surface area (Å²) < 4.78 is 44.0. The molecule has 1 aromatic rings. The monoisotopic (exact) mass is 493 g/mol. The third-order valence-corrected chi connectivity index (χ3v) is 6.65. The van der Waals surface area contributed by atoms with Crippen LogP contribution in [-0.2, 0) is 33.7 Å². The van der Waals surface area contributed by atoms with E-state index in [0.717, 1.165) is 56.4 Å². The molecule has 1 saturated heterocycles. The number of hydrogen-bond acceptors (Lipinski definition) is 10. The lowest BCUT2D eigenvalue weighted by atomic mass is 9.79. The molecule has 14 heteroatoms. The number of sulfonamides is 1. The van der Waals surface area contributed by atoms with Gasteiger partial charge in [-0.2, -0.15) is 4.72 Å². The fourth-order valence-electron chi connectivity index (χ4n) is 3.49. The zero-order valence-corrected chi connectivity index (χ0v) is 19.3. The van der Waals surface area contributed by atoms with Crippen molar-refractivity contribution < 1.29 is 37.0 Å². The van der Waals surface area contributed by atoms with Crippen LogP contribution < -0.4 is 4.72 Å². The zero-order chi connectivity index (χ0) is 24.7. The lowest BCUT2D eigenvalue weighted by Crippen LogP contribution is -2.53. The molecule has 3 rings (SSSR count). The average Bonchev–Trinajstić information content (AvgIpc) is 2.77. The van der Waals surface area contributed by atoms with Crippen LogP contribution in [0, 0.1) is 22.1 Å². The lowest BCUT2D eigenvalue weighted by molar-refractivity contribution is -0.384. The molecule has 1 aliphatic carbocycles. The van der Waals surface area contributed by atoms with Gasteiger partial charge in [-0.05, 0) is 50.8 Å². The van der Waals surface area contributed by atoms with Crippen LogP contribution in [0.1, 0.15) is 32.1 Å². The molecule has 1 N–H and O–H groups in total. The van der Waals surface area contributed by atoms with Crippen molar-refractivity contribution in [2.45, 2.75) is 49.0 Å². The highest BCUT2D eigenvalue weighted by molar-refractivity contribution is 7.89. The Morgan fingerprint density at radius 3 is 2.29 bits per heavy atom. The van der Waals surface area contributed by atoms with Gasteiger partial charge in [0.2, 0.25) is 10.0 Å². The van der Waals surface area contributed by atoms with Crippen molar-refractivity contribution in [1.29, 1.82) is 0 Å². The highest BCUT2D eigenvalue weighted by Crippen LogP contribution is 2.20. The summed E-state index contributed by atoms with van der Waals surface area (Å²) in [6, 6.07) is 4.17. The number of non-ortho nitro benzene ring substituents is 1. The van der Waals surface area contributed by atoms with Gasteiger partial charge in [0.25, 0.3) is 5.69 Å². The normalized spacial score (nSPS) is 19.0. The SMILES string of the molecule is CN1CC(=O)OB(C(C#COC2CCCCC2)NS(=O)(=O)c2ccc([N+](=O)[O-])cc2)OC(=O)C1. The number of ether oxygens (including phenoxy) is 1. The maximum absolute atomic E-state index is 12.9. The van der Waals surface area contributed by atoms with Crippen LogP contribution in [0.25, 0.3) is 0 Å². The summed E-state index contributed by atoms with van der Waals surface area (Å²) in [6.07, 6.45) is 7.08. The summed E-state index contributed by atoms with van der Waals surface area (Å²) in [6.45, 7) is -0.418. The highest BCUT2D eigenvalue weighted by Gasteiger charge is 2.42. The molecule has 0 radical (unpaired) electrons. The molecule has 1 unspecified atom stereocenters. The molecule has 34 heavy (non-hydrogen) atoms. The minimum Gasteiger partial charge on any atom is -0.497 e. The van der Waals surface area contributed by atoms with E-state index >= 15 is 0 Å². The van der Waals surface area contributed by atoms with Crippen molar-refractivity contribution in [1.82, 2.24) is 9.62 Å². The molecule has 1 heterocycles. The molecular formula is C20H24BN3O9S. The number of nitro benzene ring substituents is 1. The second-order valence-corrected chi connectivity index (χ2v) is 9.71. The van der Waals surface area contributed by atoms with Gasteiger partial charge in [0.05, 0.1) is 22.9 Å². The van der Waals surface area contributed by atoms with E-state index in [2.05, 4.69) is 16.7 Å². The Kier molecular flexibility index (Phi) is 8.48. The minimum atomic E-state index is -4.30. The van der Waals surface area contributed by atoms with Crippen LogP contribution in [-0.4, -0.2) is 69.5 Å². The number of rotatable bonds is 6. The van der Waals surface area contributed by atoms with Gasteiger partial charge in [0, 0.05) is 12.1 Å². The van der Waals surface area contributed by atoms with Gasteiger partial charge in [0.15, 0.2) is 0 Å². The quantitative estimate of drug-likeness (QED) is 0.258. The summed E-state index contributed by atoms with van der Waals surface area (Å²) in [7, 11) is -4.44. The number of carbonyl (C=O) groups excluding carboxylic acids is 2. The summed E-state index contributed by atoms with van der Waals surface area (Å²) in [5, 5.41) is 10.8. The van der Waals surface area contributed by atoms with Gasteiger partial charge < -0.3 is 14.0 Å². The summed E-state index contributed by atoms with van der Waals surface area (Å²) in [5.41, 5.74) is -0.289. The van der Waals surface area contributed by atoms with Crippen LogP contribution in [0.15, 0.2) is 29.2 Å². The largest absolute Gasteiger partial charge is 0.631 e. The first kappa shape index (κ1) is 25.5. The lowest BCUT2D eigenvalue weighted by Gasteiger charge is -2.25. The van der Waals surface area contributed by atoms with Gasteiger partial charge in [0.1, 0.15) is 18.2 Å². The van der Waals surface area contributed by atoms with Crippen molar-refractivity contribution in [2.75, 3.05) is 20.1 Å². The summed E-state index contributed by atoms with van der Waals surface area (Å²) >= 11 is 0. The molecule has 12 nitrogen and oxygen atoms in total. The molecule has 0 aromatic heterocycles. The number of benzene rings is 1. The Labute approximate surface area is 197 Å². The topological polar surface area (TPSA) is 154 Å². The van der Waals surface area contributed by atoms with Crippen molar-refractivity contribution >= 4 is 34.8 Å². The van der Waals surface area contributed by atoms with Crippen molar-refractivity contribution in [3.63, 3.8) is 0 Å². The number of hydrogen-bond donors (Lipinski definition) is 1. The highest BCUT2D eigenvalue weighted by atomic mass is 32.2. The Balaban J connectivity index is 1.84. The number of likely N-dealkylation sites (N-methyl/N-ethyl adjacent to an activating group) is 1. The van der Waals surface area contributed by atoms with Crippen LogP contribution in [0.3, 0.4) is 0 Å². The van der Waals surface area contributed by atoms with Crippen molar-refractivity contribution in [2.24, 2.45) is 0 Å². The number of nitro groups is 1. The first-order chi connectivity index (χ1) is 16.1. The second-order valence-electron chi connectivity index (χ2n) is 7.99. The first-order valence-electron chi connectivity index (χ1n) is 10.6. The van der Waals surface area contributed by atoms with Crippen molar-refractivity contribution in [3.8, 4) is 12.0 Å². The predicted octanol–water partition coefficient (Wildman–Crippen LogP) is 0.611. The van der Waals surface area contributed by atoms with Gasteiger partial charge >= 0.3 is 19.1 Å². The Bertz CT molecular complexity index is 1060. The Morgan fingerprint density at radius 1 is 1.15 bits per heavy atom. The fourth-order valence-corrected chi connectivity index (χ4v) is 4.62. The van der Waals surface area contributed by atoms with E-state index in [1.807, 2.05) is 0 Å². The van der Waals surface area contributed by atoms with E-state index in [0.29, 0.717) is 0 Å². The third kappa shape index (κ3) is 7.18. The van der Waals surface area contributed by atoms with Crippen LogP contribution in [0.5, 0.6) is 0 Å². The van der Waals surface area contributed by atoms with Crippen LogP contribution in [0.4, 0.5) is 5.69 Å². The van der Waals surface area contributed by atoms with E-state index in [1.165, 1.54) is 11.9 Å². The van der Waals surface area contributed by atoms with Gasteiger partial charge in [-0.15, -0.1) is 0 Å². The van der Waals surface area contributed by atoms with E-state index in [-0.39, 0.29) is 29.8 Å². The van der Waals surface area contributed by atoms with Crippen molar-refractivity contribution in [3.05, 3.63) is 34.4 Å². The zero-order valence-electron chi connectivity index (χ0n) is 18.5. The predicted molar refractivity (Wildman–Crippen MR) is 118 cm³/mol. The number of nitrogens with zero attached hydrogens (tertiary/aromatic N) is 2. The molecule has 0 amide bonds. The maximum atomic E-state index is 12.9. The smallest absolute Gasteiger partial charge is 0.497 e. The molecule has 1 saturated carbocycles. The third-order valence-electron chi connectivity index (χ3n) is 5.20. The van der Waals surface area contributed by atoms with Crippen LogP contribution in [0.2, 0.25) is 0 Å². The second kappa shape index (κ2) is 11.3. The van der Waals surface area contributed by atoms with Crippen LogP contribution >= 0.6 is 0 Å². The molecule has 1 aromatic carbocycles.